The van der Waals surface area contributed by atoms with E-state index in [9.17, 15) is 4.79 Å². The Morgan fingerprint density at radius 1 is 1.00 bits per heavy atom. The quantitative estimate of drug-likeness (QED) is 0.318. The van der Waals surface area contributed by atoms with Crippen molar-refractivity contribution in [3.8, 4) is 5.75 Å². The summed E-state index contributed by atoms with van der Waals surface area (Å²) in [4.78, 5) is 23.8. The number of nitrogens with one attached hydrogen (secondary N) is 1. The number of benzene rings is 1. The second-order valence-electron chi connectivity index (χ2n) is 8.98. The Morgan fingerprint density at radius 3 is 2.19 bits per heavy atom. The summed E-state index contributed by atoms with van der Waals surface area (Å²) in [7, 11) is 1.83. The van der Waals surface area contributed by atoms with Crippen molar-refractivity contribution in [1.29, 1.82) is 0 Å². The zero-order chi connectivity index (χ0) is 22.2. The summed E-state index contributed by atoms with van der Waals surface area (Å²) < 4.78 is 5.76. The van der Waals surface area contributed by atoms with Crippen LogP contribution in [0.4, 0.5) is 0 Å². The average molecular weight is 558 g/mol. The Hall–Kier alpha value is -1.55. The summed E-state index contributed by atoms with van der Waals surface area (Å²) in [6, 6.07) is 8.21. The number of rotatable bonds is 7. The van der Waals surface area contributed by atoms with Gasteiger partial charge in [0, 0.05) is 52.9 Å². The number of halogens is 1. The van der Waals surface area contributed by atoms with Crippen LogP contribution < -0.4 is 10.1 Å². The van der Waals surface area contributed by atoms with Gasteiger partial charge in [0.15, 0.2) is 5.96 Å². The van der Waals surface area contributed by atoms with E-state index in [1.807, 2.05) is 24.1 Å². The van der Waals surface area contributed by atoms with E-state index >= 15 is 0 Å². The summed E-state index contributed by atoms with van der Waals surface area (Å²) >= 11 is 0. The van der Waals surface area contributed by atoms with Gasteiger partial charge in [0.1, 0.15) is 5.75 Å². The Kier molecular flexibility index (Phi) is 11.0. The highest BCUT2D eigenvalue weighted by Gasteiger charge is 2.30. The molecule has 2 aliphatic heterocycles. The first-order valence-corrected chi connectivity index (χ1v) is 11.7. The minimum absolute atomic E-state index is 0. The van der Waals surface area contributed by atoms with E-state index in [4.69, 9.17) is 4.74 Å². The van der Waals surface area contributed by atoms with E-state index in [1.165, 1.54) is 5.56 Å². The van der Waals surface area contributed by atoms with Crippen molar-refractivity contribution >= 4 is 35.8 Å². The first-order valence-electron chi connectivity index (χ1n) is 11.7. The summed E-state index contributed by atoms with van der Waals surface area (Å²) in [6.07, 6.45) is 2.28. The number of carbonyl (C=O) groups excluding carboxylic acids is 1. The van der Waals surface area contributed by atoms with Gasteiger partial charge in [0.25, 0.3) is 0 Å². The Labute approximate surface area is 210 Å². The molecule has 0 spiro atoms. The third kappa shape index (κ3) is 7.50. The van der Waals surface area contributed by atoms with E-state index in [0.717, 1.165) is 77.0 Å². The third-order valence-electron chi connectivity index (χ3n) is 6.11. The van der Waals surface area contributed by atoms with E-state index in [0.29, 0.717) is 5.92 Å². The van der Waals surface area contributed by atoms with Gasteiger partial charge in [-0.1, -0.05) is 26.0 Å². The van der Waals surface area contributed by atoms with Crippen LogP contribution in [0.5, 0.6) is 5.75 Å². The standard InChI is InChI=1S/C24H39N5O2.HI/c1-19(2)18-31-22-9-7-21(8-10-22)17-26-24(25-4)29-15-13-27(14-16-29)20(3)23(30)28-11-5-6-12-28;/h7-10,19-20H,5-6,11-18H2,1-4H3,(H,25,26);1H. The molecule has 1 unspecified atom stereocenters. The molecule has 1 aromatic rings. The largest absolute Gasteiger partial charge is 0.493 e. The summed E-state index contributed by atoms with van der Waals surface area (Å²) in [5.74, 6) is 2.63. The number of likely N-dealkylation sites (tertiary alicyclic amines) is 1. The van der Waals surface area contributed by atoms with Gasteiger partial charge in [-0.2, -0.15) is 0 Å². The van der Waals surface area contributed by atoms with Gasteiger partial charge in [-0.15, -0.1) is 24.0 Å². The molecule has 2 aliphatic rings. The number of piperazine rings is 1. The van der Waals surface area contributed by atoms with E-state index in [1.54, 1.807) is 0 Å². The van der Waals surface area contributed by atoms with Crippen LogP contribution in [0.1, 0.15) is 39.2 Å². The number of carbonyl (C=O) groups is 1. The average Bonchev–Trinajstić information content (AvgIpc) is 3.33. The van der Waals surface area contributed by atoms with Crippen molar-refractivity contribution in [3.63, 3.8) is 0 Å². The molecule has 0 radical (unpaired) electrons. The molecule has 2 heterocycles. The lowest BCUT2D eigenvalue weighted by Gasteiger charge is -2.39. The zero-order valence-electron chi connectivity index (χ0n) is 20.0. The fourth-order valence-electron chi connectivity index (χ4n) is 4.16. The van der Waals surface area contributed by atoms with Gasteiger partial charge in [0.2, 0.25) is 5.91 Å². The Morgan fingerprint density at radius 2 is 1.62 bits per heavy atom. The predicted octanol–water partition coefficient (Wildman–Crippen LogP) is 3.04. The minimum Gasteiger partial charge on any atom is -0.493 e. The van der Waals surface area contributed by atoms with Crippen molar-refractivity contribution in [2.75, 3.05) is 52.9 Å². The number of nitrogens with zero attached hydrogens (tertiary/aromatic N) is 4. The Bertz CT molecular complexity index is 726. The van der Waals surface area contributed by atoms with E-state index < -0.39 is 0 Å². The highest BCUT2D eigenvalue weighted by Crippen LogP contribution is 2.15. The van der Waals surface area contributed by atoms with E-state index in [-0.39, 0.29) is 35.9 Å². The lowest BCUT2D eigenvalue weighted by atomic mass is 10.2. The molecule has 1 atom stereocenters. The highest BCUT2D eigenvalue weighted by molar-refractivity contribution is 14.0. The molecule has 1 aromatic carbocycles. The molecular weight excluding hydrogens is 517 g/mol. The van der Waals surface area contributed by atoms with Gasteiger partial charge < -0.3 is 19.9 Å². The first kappa shape index (κ1) is 26.7. The van der Waals surface area contributed by atoms with Crippen molar-refractivity contribution in [2.45, 2.75) is 46.2 Å². The molecule has 3 rings (SSSR count). The molecule has 180 valence electrons. The van der Waals surface area contributed by atoms with Crippen LogP contribution in [0.2, 0.25) is 0 Å². The molecule has 0 bridgehead atoms. The maximum atomic E-state index is 12.7. The topological polar surface area (TPSA) is 60.4 Å². The lowest BCUT2D eigenvalue weighted by Crippen LogP contribution is -2.57. The van der Waals surface area contributed by atoms with Crippen LogP contribution in [-0.2, 0) is 11.3 Å². The molecule has 2 saturated heterocycles. The fourth-order valence-corrected chi connectivity index (χ4v) is 4.16. The normalized spacial score (nSPS) is 18.5. The fraction of sp³-hybridized carbons (Fsp3) is 0.667. The number of hydrogen-bond acceptors (Lipinski definition) is 4. The number of guanidine groups is 1. The van der Waals surface area contributed by atoms with Gasteiger partial charge in [0.05, 0.1) is 12.6 Å². The van der Waals surface area contributed by atoms with Crippen LogP contribution in [0, 0.1) is 5.92 Å². The second kappa shape index (κ2) is 13.2. The number of ether oxygens (including phenoxy) is 1. The predicted molar refractivity (Wildman–Crippen MR) is 141 cm³/mol. The van der Waals surface area contributed by atoms with Gasteiger partial charge in [-0.25, -0.2) is 0 Å². The minimum atomic E-state index is -0.0355. The van der Waals surface area contributed by atoms with Crippen LogP contribution in [-0.4, -0.2) is 85.5 Å². The summed E-state index contributed by atoms with van der Waals surface area (Å²) in [6.45, 7) is 13.2. The molecule has 0 aromatic heterocycles. The maximum Gasteiger partial charge on any atom is 0.239 e. The molecule has 1 N–H and O–H groups in total. The molecule has 32 heavy (non-hydrogen) atoms. The molecule has 1 amide bonds. The van der Waals surface area contributed by atoms with Crippen LogP contribution >= 0.6 is 24.0 Å². The molecule has 7 nitrogen and oxygen atoms in total. The molecule has 0 aliphatic carbocycles. The number of amides is 1. The summed E-state index contributed by atoms with van der Waals surface area (Å²) in [5, 5.41) is 3.48. The SMILES string of the molecule is CN=C(NCc1ccc(OCC(C)C)cc1)N1CCN(C(C)C(=O)N2CCCC2)CC1.I. The third-order valence-corrected chi connectivity index (χ3v) is 6.11. The van der Waals surface area contributed by atoms with Crippen LogP contribution in [0.25, 0.3) is 0 Å². The maximum absolute atomic E-state index is 12.7. The van der Waals surface area contributed by atoms with E-state index in [2.05, 4.69) is 53.0 Å². The van der Waals surface area contributed by atoms with Crippen LogP contribution in [0.3, 0.4) is 0 Å². The molecule has 8 heteroatoms. The zero-order valence-corrected chi connectivity index (χ0v) is 22.4. The van der Waals surface area contributed by atoms with Gasteiger partial charge in [-0.05, 0) is 43.4 Å². The van der Waals surface area contributed by atoms with Gasteiger partial charge >= 0.3 is 0 Å². The molecule has 2 fully saturated rings. The molecular formula is C24H40IN5O2. The van der Waals surface area contributed by atoms with Crippen molar-refractivity contribution in [3.05, 3.63) is 29.8 Å². The molecule has 0 saturated carbocycles. The van der Waals surface area contributed by atoms with Crippen LogP contribution in [0.15, 0.2) is 29.3 Å². The first-order chi connectivity index (χ1) is 15.0. The second-order valence-corrected chi connectivity index (χ2v) is 8.98. The number of hydrogen-bond donors (Lipinski definition) is 1. The lowest BCUT2D eigenvalue weighted by molar-refractivity contribution is -0.135. The van der Waals surface area contributed by atoms with Crippen molar-refractivity contribution in [2.24, 2.45) is 10.9 Å². The van der Waals surface area contributed by atoms with Gasteiger partial charge in [-0.3, -0.25) is 14.7 Å². The van der Waals surface area contributed by atoms with Crippen molar-refractivity contribution < 1.29 is 9.53 Å². The van der Waals surface area contributed by atoms with Crippen molar-refractivity contribution in [1.82, 2.24) is 20.0 Å². The number of aliphatic imine (C=N–C) groups is 1. The smallest absolute Gasteiger partial charge is 0.239 e. The monoisotopic (exact) mass is 557 g/mol. The highest BCUT2D eigenvalue weighted by atomic mass is 127. The summed E-state index contributed by atoms with van der Waals surface area (Å²) in [5.41, 5.74) is 1.20. The Balaban J connectivity index is 0.00000363.